The van der Waals surface area contributed by atoms with Gasteiger partial charge in [0.25, 0.3) is 5.91 Å². The Morgan fingerprint density at radius 1 is 0.941 bits per heavy atom. The minimum Gasteiger partial charge on any atom is -0.481 e. The standard InChI is InChI=1S/C34H48N2O3S.C6H12O4S/c1-4-10-27-16-17-28(21-25-12-6-5-7-13-25)36(27)23-26-15-18-30(31(22-26)29-14-9-8-11-24(29)2)33(37)35-32(34(38)39)19-20-40-3;1-5(6(7)8)3-4-11(2,9)10/h8-9,11,14-15,18,22,25,27-28,32H,4-7,10,12-13,16-17,19-21,23H2,1-3H3,(H,35,37)(H,38,39);5H,3-4H2,1-2H3,(H,7,8)/t27-,28-,32?;/m0./s1. The van der Waals surface area contributed by atoms with E-state index in [-0.39, 0.29) is 18.1 Å². The van der Waals surface area contributed by atoms with Crippen molar-refractivity contribution in [3.05, 3.63) is 59.2 Å². The van der Waals surface area contributed by atoms with Crippen LogP contribution in [0.5, 0.6) is 0 Å². The van der Waals surface area contributed by atoms with Gasteiger partial charge in [-0.1, -0.05) is 82.7 Å². The molecule has 51 heavy (non-hydrogen) atoms. The Kier molecular flexibility index (Phi) is 17.5. The molecule has 1 heterocycles. The molecule has 0 aromatic heterocycles. The van der Waals surface area contributed by atoms with Crippen molar-refractivity contribution >= 4 is 39.4 Å². The van der Waals surface area contributed by atoms with E-state index in [2.05, 4.69) is 48.3 Å². The predicted molar refractivity (Wildman–Crippen MR) is 208 cm³/mol. The third kappa shape index (κ3) is 13.9. The van der Waals surface area contributed by atoms with Crippen LogP contribution >= 0.6 is 11.8 Å². The molecule has 2 aliphatic rings. The summed E-state index contributed by atoms with van der Waals surface area (Å²) in [7, 11) is -3.02. The molecule has 0 spiro atoms. The fourth-order valence-corrected chi connectivity index (χ4v) is 8.67. The number of aliphatic carboxylic acids is 2. The highest BCUT2D eigenvalue weighted by molar-refractivity contribution is 7.98. The zero-order valence-electron chi connectivity index (χ0n) is 31.2. The highest BCUT2D eigenvalue weighted by Gasteiger charge is 2.34. The van der Waals surface area contributed by atoms with Crippen molar-refractivity contribution in [1.82, 2.24) is 10.2 Å². The van der Waals surface area contributed by atoms with Crippen LogP contribution < -0.4 is 5.32 Å². The largest absolute Gasteiger partial charge is 0.481 e. The van der Waals surface area contributed by atoms with Gasteiger partial charge < -0.3 is 15.5 Å². The third-order valence-electron chi connectivity index (χ3n) is 10.4. The summed E-state index contributed by atoms with van der Waals surface area (Å²) >= 11 is 1.58. The van der Waals surface area contributed by atoms with Gasteiger partial charge in [0.15, 0.2) is 0 Å². The average Bonchev–Trinajstić information content (AvgIpc) is 3.45. The van der Waals surface area contributed by atoms with E-state index >= 15 is 0 Å². The molecule has 4 atom stereocenters. The zero-order chi connectivity index (χ0) is 37.6. The summed E-state index contributed by atoms with van der Waals surface area (Å²) in [5.41, 5.74) is 4.78. The number of nitrogens with zero attached hydrogens (tertiary/aromatic N) is 1. The predicted octanol–water partition coefficient (Wildman–Crippen LogP) is 7.84. The maximum absolute atomic E-state index is 13.5. The van der Waals surface area contributed by atoms with Crippen LogP contribution in [0.1, 0.15) is 112 Å². The first-order chi connectivity index (χ1) is 24.2. The summed E-state index contributed by atoms with van der Waals surface area (Å²) < 4.78 is 21.1. The van der Waals surface area contributed by atoms with Crippen LogP contribution in [-0.2, 0) is 26.0 Å². The molecular formula is C40H60N2O7S2. The number of carboxylic acid groups (broad SMARTS) is 2. The van der Waals surface area contributed by atoms with Crippen molar-refractivity contribution in [2.45, 2.75) is 122 Å². The number of hydrogen-bond acceptors (Lipinski definition) is 7. The molecule has 1 aliphatic heterocycles. The lowest BCUT2D eigenvalue weighted by molar-refractivity contribution is -0.141. The van der Waals surface area contributed by atoms with Gasteiger partial charge in [0.1, 0.15) is 15.9 Å². The van der Waals surface area contributed by atoms with Gasteiger partial charge >= 0.3 is 11.9 Å². The molecule has 284 valence electrons. The van der Waals surface area contributed by atoms with Gasteiger partial charge in [0, 0.05) is 30.4 Å². The van der Waals surface area contributed by atoms with Crippen LogP contribution in [0.4, 0.5) is 0 Å². The highest BCUT2D eigenvalue weighted by Crippen LogP contribution is 2.37. The number of hydrogen-bond donors (Lipinski definition) is 3. The van der Waals surface area contributed by atoms with E-state index in [4.69, 9.17) is 5.11 Å². The van der Waals surface area contributed by atoms with Gasteiger partial charge in [-0.2, -0.15) is 11.8 Å². The number of amides is 1. The number of rotatable bonds is 17. The Morgan fingerprint density at radius 2 is 1.63 bits per heavy atom. The quantitative estimate of drug-likeness (QED) is 0.148. The zero-order valence-corrected chi connectivity index (χ0v) is 32.9. The second kappa shape index (κ2) is 21.0. The van der Waals surface area contributed by atoms with Crippen molar-refractivity contribution in [2.24, 2.45) is 11.8 Å². The highest BCUT2D eigenvalue weighted by atomic mass is 32.2. The third-order valence-corrected chi connectivity index (χ3v) is 12.0. The number of sulfone groups is 1. The van der Waals surface area contributed by atoms with E-state index in [0.717, 1.165) is 35.4 Å². The molecule has 0 bridgehead atoms. The van der Waals surface area contributed by atoms with E-state index in [1.807, 2.05) is 24.5 Å². The van der Waals surface area contributed by atoms with Crippen molar-refractivity contribution in [2.75, 3.05) is 24.0 Å². The van der Waals surface area contributed by atoms with E-state index < -0.39 is 33.7 Å². The second-order valence-electron chi connectivity index (χ2n) is 14.6. The Balaban J connectivity index is 0.000000551. The molecule has 2 aromatic rings. The molecule has 11 heteroatoms. The molecule has 1 saturated heterocycles. The van der Waals surface area contributed by atoms with Crippen LogP contribution in [0.25, 0.3) is 11.1 Å². The normalized spacial score (nSPS) is 19.5. The molecule has 2 aromatic carbocycles. The topological polar surface area (TPSA) is 141 Å². The number of carbonyl (C=O) groups excluding carboxylic acids is 1. The Hall–Kier alpha value is -2.89. The summed E-state index contributed by atoms with van der Waals surface area (Å²) in [5.74, 6) is -1.35. The van der Waals surface area contributed by atoms with Crippen LogP contribution in [0, 0.1) is 18.8 Å². The number of carboxylic acids is 2. The van der Waals surface area contributed by atoms with E-state index in [9.17, 15) is 27.9 Å². The number of benzene rings is 2. The van der Waals surface area contributed by atoms with Crippen LogP contribution in [0.15, 0.2) is 42.5 Å². The number of nitrogens with one attached hydrogen (secondary N) is 1. The number of likely N-dealkylation sites (tertiary alicyclic amines) is 1. The first-order valence-corrected chi connectivity index (χ1v) is 22.1. The molecule has 3 N–H and O–H groups in total. The van der Waals surface area contributed by atoms with Crippen LogP contribution in [0.3, 0.4) is 0 Å². The molecule has 4 rings (SSSR count). The van der Waals surface area contributed by atoms with E-state index in [1.54, 1.807) is 11.8 Å². The number of thioether (sulfide) groups is 1. The van der Waals surface area contributed by atoms with E-state index in [1.165, 1.54) is 76.7 Å². The van der Waals surface area contributed by atoms with Gasteiger partial charge in [0.05, 0.1) is 11.7 Å². The fourth-order valence-electron chi connectivity index (χ4n) is 7.42. The summed E-state index contributed by atoms with van der Waals surface area (Å²) in [6, 6.07) is 14.7. The summed E-state index contributed by atoms with van der Waals surface area (Å²) in [5, 5.41) is 20.9. The summed E-state index contributed by atoms with van der Waals surface area (Å²) in [6.07, 6.45) is 16.9. The van der Waals surface area contributed by atoms with Crippen LogP contribution in [0.2, 0.25) is 0 Å². The minimum absolute atomic E-state index is 0.0551. The van der Waals surface area contributed by atoms with Gasteiger partial charge in [-0.25, -0.2) is 13.2 Å². The summed E-state index contributed by atoms with van der Waals surface area (Å²) in [4.78, 5) is 38.4. The second-order valence-corrected chi connectivity index (χ2v) is 17.8. The SMILES string of the molecule is CC(CCS(C)(=O)=O)C(=O)O.CCC[C@H]1CC[C@@H](CC2CCCCC2)N1Cc1ccc(C(=O)NC(CCSC)C(=O)O)c(-c2ccccc2C)c1. The lowest BCUT2D eigenvalue weighted by Gasteiger charge is -2.34. The molecule has 0 radical (unpaired) electrons. The van der Waals surface area contributed by atoms with Gasteiger partial charge in [-0.05, 0) is 97.8 Å². The molecule has 9 nitrogen and oxygen atoms in total. The van der Waals surface area contributed by atoms with E-state index in [0.29, 0.717) is 29.8 Å². The van der Waals surface area contributed by atoms with Crippen LogP contribution in [-0.4, -0.2) is 83.5 Å². The Bertz CT molecular complexity index is 1540. The number of carbonyl (C=O) groups is 3. The molecule has 2 unspecified atom stereocenters. The maximum atomic E-state index is 13.5. The molecular weight excluding hydrogens is 685 g/mol. The van der Waals surface area contributed by atoms with Gasteiger partial charge in [0.2, 0.25) is 0 Å². The smallest absolute Gasteiger partial charge is 0.326 e. The monoisotopic (exact) mass is 744 g/mol. The molecule has 1 amide bonds. The number of aryl methyl sites for hydroxylation is 1. The average molecular weight is 745 g/mol. The van der Waals surface area contributed by atoms with Gasteiger partial charge in [-0.15, -0.1) is 0 Å². The lowest BCUT2D eigenvalue weighted by atomic mass is 9.84. The molecule has 1 aliphatic carbocycles. The van der Waals surface area contributed by atoms with Crippen molar-refractivity contribution in [3.8, 4) is 11.1 Å². The maximum Gasteiger partial charge on any atom is 0.326 e. The summed E-state index contributed by atoms with van der Waals surface area (Å²) in [6.45, 7) is 6.75. The van der Waals surface area contributed by atoms with Crippen molar-refractivity contribution in [3.63, 3.8) is 0 Å². The Labute approximate surface area is 310 Å². The molecule has 1 saturated carbocycles. The molecule has 2 fully saturated rings. The lowest BCUT2D eigenvalue weighted by Crippen LogP contribution is -2.41. The van der Waals surface area contributed by atoms with Crippen molar-refractivity contribution in [1.29, 1.82) is 0 Å². The van der Waals surface area contributed by atoms with Gasteiger partial charge in [-0.3, -0.25) is 14.5 Å². The minimum atomic E-state index is -3.02. The Morgan fingerprint density at radius 3 is 2.24 bits per heavy atom. The van der Waals surface area contributed by atoms with Crippen molar-refractivity contribution < 1.29 is 33.0 Å². The first kappa shape index (κ1) is 42.5. The first-order valence-electron chi connectivity index (χ1n) is 18.6. The fraction of sp³-hybridized carbons (Fsp3) is 0.625.